The van der Waals surface area contributed by atoms with E-state index in [0.717, 1.165) is 36.0 Å². The zero-order chi connectivity index (χ0) is 18.5. The molecule has 0 spiro atoms. The number of hydrogen-bond donors (Lipinski definition) is 1. The molecule has 7 heteroatoms. The Balaban J connectivity index is 1.72. The van der Waals surface area contributed by atoms with Crippen LogP contribution in [0.2, 0.25) is 10.0 Å². The van der Waals surface area contributed by atoms with Gasteiger partial charge in [0.15, 0.2) is 0 Å². The molecule has 0 fully saturated rings. The molecule has 0 radical (unpaired) electrons. The van der Waals surface area contributed by atoms with Gasteiger partial charge >= 0.3 is 0 Å². The topological polar surface area (TPSA) is 59.3 Å². The maximum atomic E-state index is 12.7. The number of rotatable bonds is 3. The van der Waals surface area contributed by atoms with Crippen LogP contribution in [-0.2, 0) is 22.9 Å². The van der Waals surface area contributed by atoms with Crippen LogP contribution in [0.3, 0.4) is 0 Å². The first kappa shape index (κ1) is 17.7. The lowest BCUT2D eigenvalue weighted by molar-refractivity contribution is 0.426. The van der Waals surface area contributed by atoms with Crippen molar-refractivity contribution in [2.24, 2.45) is 5.92 Å². The zero-order valence-corrected chi connectivity index (χ0v) is 16.4. The van der Waals surface area contributed by atoms with Gasteiger partial charge in [-0.3, -0.25) is 4.72 Å². The first-order valence-electron chi connectivity index (χ1n) is 8.35. The third kappa shape index (κ3) is 3.20. The lowest BCUT2D eigenvalue weighted by Crippen LogP contribution is -2.13. The predicted molar refractivity (Wildman–Crippen MR) is 105 cm³/mol. The molecule has 26 heavy (non-hydrogen) atoms. The van der Waals surface area contributed by atoms with Crippen molar-refractivity contribution in [3.8, 4) is 0 Å². The summed E-state index contributed by atoms with van der Waals surface area (Å²) in [6.45, 7) is 2.21. The van der Waals surface area contributed by atoms with Crippen LogP contribution < -0.4 is 4.72 Å². The summed E-state index contributed by atoms with van der Waals surface area (Å²) in [5.41, 5.74) is 2.43. The average Bonchev–Trinajstić information content (AvgIpc) is 2.93. The molecule has 1 atom stereocenters. The maximum Gasteiger partial charge on any atom is 0.263 e. The van der Waals surface area contributed by atoms with Gasteiger partial charge in [-0.25, -0.2) is 8.42 Å². The second-order valence-electron chi connectivity index (χ2n) is 6.74. The summed E-state index contributed by atoms with van der Waals surface area (Å²) in [6, 6.07) is 9.67. The van der Waals surface area contributed by atoms with E-state index in [2.05, 4.69) is 11.6 Å². The molecule has 0 amide bonds. The van der Waals surface area contributed by atoms with E-state index in [1.54, 1.807) is 18.2 Å². The number of fused-ring (bicyclic) bond motifs is 3. The number of nitrogens with one attached hydrogen (secondary N) is 1. The monoisotopic (exact) mass is 409 g/mol. The van der Waals surface area contributed by atoms with Gasteiger partial charge in [-0.2, -0.15) is 0 Å². The van der Waals surface area contributed by atoms with E-state index in [1.165, 1.54) is 17.7 Å². The van der Waals surface area contributed by atoms with Crippen LogP contribution in [0.1, 0.15) is 24.7 Å². The Labute approximate surface area is 162 Å². The van der Waals surface area contributed by atoms with Crippen molar-refractivity contribution in [1.82, 2.24) is 0 Å². The van der Waals surface area contributed by atoms with Crippen LogP contribution >= 0.6 is 23.2 Å². The number of aryl methyl sites for hydroxylation is 1. The van der Waals surface area contributed by atoms with Crippen molar-refractivity contribution < 1.29 is 12.8 Å². The number of halogens is 2. The second kappa shape index (κ2) is 6.48. The van der Waals surface area contributed by atoms with Gasteiger partial charge in [-0.15, -0.1) is 0 Å². The minimum absolute atomic E-state index is 0.0465. The summed E-state index contributed by atoms with van der Waals surface area (Å²) in [7, 11) is -3.85. The highest BCUT2D eigenvalue weighted by Crippen LogP contribution is 2.36. The summed E-state index contributed by atoms with van der Waals surface area (Å²) < 4.78 is 33.9. The van der Waals surface area contributed by atoms with E-state index in [9.17, 15) is 8.42 Å². The van der Waals surface area contributed by atoms with Crippen molar-refractivity contribution in [3.05, 3.63) is 57.8 Å². The summed E-state index contributed by atoms with van der Waals surface area (Å²) in [4.78, 5) is -0.0465. The normalized spacial score (nSPS) is 17.3. The number of anilines is 1. The fourth-order valence-corrected chi connectivity index (χ4v) is 5.22. The fraction of sp³-hybridized carbons (Fsp3) is 0.263. The maximum absolute atomic E-state index is 12.7. The highest BCUT2D eigenvalue weighted by molar-refractivity contribution is 7.92. The van der Waals surface area contributed by atoms with Crippen molar-refractivity contribution in [2.75, 3.05) is 4.72 Å². The molecular formula is C19H17Cl2NO3S. The van der Waals surface area contributed by atoms with Gasteiger partial charge in [0.1, 0.15) is 16.2 Å². The van der Waals surface area contributed by atoms with Gasteiger partial charge in [0.25, 0.3) is 10.0 Å². The van der Waals surface area contributed by atoms with Gasteiger partial charge in [0.2, 0.25) is 0 Å². The van der Waals surface area contributed by atoms with E-state index >= 15 is 0 Å². The largest absolute Gasteiger partial charge is 0.461 e. The highest BCUT2D eigenvalue weighted by atomic mass is 35.5. The molecule has 1 N–H and O–H groups in total. The Morgan fingerprint density at radius 3 is 2.77 bits per heavy atom. The molecule has 0 saturated carbocycles. The van der Waals surface area contributed by atoms with E-state index in [1.807, 2.05) is 6.07 Å². The minimum atomic E-state index is -3.85. The van der Waals surface area contributed by atoms with Crippen LogP contribution in [0.25, 0.3) is 11.0 Å². The molecule has 4 rings (SSSR count). The summed E-state index contributed by atoms with van der Waals surface area (Å²) >= 11 is 12.0. The lowest BCUT2D eigenvalue weighted by atomic mass is 9.88. The number of furan rings is 1. The Hall–Kier alpha value is -1.69. The molecule has 0 aliphatic heterocycles. The quantitative estimate of drug-likeness (QED) is 0.606. The predicted octanol–water partition coefficient (Wildman–Crippen LogP) is 5.67. The molecule has 0 bridgehead atoms. The molecule has 136 valence electrons. The summed E-state index contributed by atoms with van der Waals surface area (Å²) in [5, 5.41) is 1.39. The summed E-state index contributed by atoms with van der Waals surface area (Å²) in [6.07, 6.45) is 2.97. The van der Waals surface area contributed by atoms with E-state index in [-0.39, 0.29) is 9.92 Å². The van der Waals surface area contributed by atoms with E-state index < -0.39 is 10.0 Å². The van der Waals surface area contributed by atoms with E-state index in [0.29, 0.717) is 16.6 Å². The van der Waals surface area contributed by atoms with Crippen molar-refractivity contribution >= 4 is 49.9 Å². The SMILES string of the molecule is CC1CCc2c(oc3ccc(NS(=O)(=O)c4cc(Cl)ccc4Cl)cc23)C1. The van der Waals surface area contributed by atoms with Crippen molar-refractivity contribution in [2.45, 2.75) is 31.1 Å². The minimum Gasteiger partial charge on any atom is -0.461 e. The molecule has 0 saturated heterocycles. The molecule has 1 heterocycles. The zero-order valence-electron chi connectivity index (χ0n) is 14.1. The Morgan fingerprint density at radius 2 is 1.96 bits per heavy atom. The molecule has 1 aromatic heterocycles. The number of hydrogen-bond acceptors (Lipinski definition) is 3. The third-order valence-corrected chi connectivity index (χ3v) is 6.83. The molecule has 4 nitrogen and oxygen atoms in total. The molecule has 2 aromatic carbocycles. The van der Waals surface area contributed by atoms with Crippen LogP contribution in [0.15, 0.2) is 45.7 Å². The summed E-state index contributed by atoms with van der Waals surface area (Å²) in [5.74, 6) is 1.61. The Kier molecular flexibility index (Phi) is 4.41. The highest BCUT2D eigenvalue weighted by Gasteiger charge is 2.23. The number of benzene rings is 2. The van der Waals surface area contributed by atoms with Gasteiger partial charge in [-0.1, -0.05) is 30.1 Å². The first-order chi connectivity index (χ1) is 12.3. The third-order valence-electron chi connectivity index (χ3n) is 4.73. The van der Waals surface area contributed by atoms with E-state index in [4.69, 9.17) is 27.6 Å². The molecule has 1 aliphatic carbocycles. The van der Waals surface area contributed by atoms with Crippen LogP contribution in [0.4, 0.5) is 5.69 Å². The van der Waals surface area contributed by atoms with Crippen molar-refractivity contribution in [1.29, 1.82) is 0 Å². The van der Waals surface area contributed by atoms with Gasteiger partial charge < -0.3 is 4.42 Å². The van der Waals surface area contributed by atoms with Crippen molar-refractivity contribution in [3.63, 3.8) is 0 Å². The van der Waals surface area contributed by atoms with Crippen LogP contribution in [0.5, 0.6) is 0 Å². The molecule has 3 aromatic rings. The van der Waals surface area contributed by atoms with Gasteiger partial charge in [0.05, 0.1) is 5.02 Å². The Morgan fingerprint density at radius 1 is 1.15 bits per heavy atom. The second-order valence-corrected chi connectivity index (χ2v) is 9.24. The smallest absolute Gasteiger partial charge is 0.263 e. The number of sulfonamides is 1. The fourth-order valence-electron chi connectivity index (χ4n) is 3.40. The average molecular weight is 410 g/mol. The molecular weight excluding hydrogens is 393 g/mol. The van der Waals surface area contributed by atoms with Crippen LogP contribution in [0, 0.1) is 5.92 Å². The van der Waals surface area contributed by atoms with Gasteiger partial charge in [0, 0.05) is 28.1 Å². The first-order valence-corrected chi connectivity index (χ1v) is 10.6. The standard InChI is InChI=1S/C19H17Cl2NO3S/c1-11-2-5-14-15-10-13(4-7-17(15)25-18(14)8-11)22-26(23,24)19-9-12(20)3-6-16(19)21/h3-4,6-7,9-11,22H,2,5,8H2,1H3. The van der Waals surface area contributed by atoms with Gasteiger partial charge in [-0.05, 0) is 55.2 Å². The molecule has 1 unspecified atom stereocenters. The lowest BCUT2D eigenvalue weighted by Gasteiger charge is -2.16. The molecule has 1 aliphatic rings. The Bertz CT molecular complexity index is 1110. The van der Waals surface area contributed by atoms with Crippen LogP contribution in [-0.4, -0.2) is 8.42 Å².